The van der Waals surface area contributed by atoms with E-state index in [1.807, 2.05) is 0 Å². The summed E-state index contributed by atoms with van der Waals surface area (Å²) in [6, 6.07) is 6.25. The third kappa shape index (κ3) is 4.55. The first kappa shape index (κ1) is 17.6. The van der Waals surface area contributed by atoms with Crippen molar-refractivity contribution < 1.29 is 32.6 Å². The number of nitrogens with two attached hydrogens (primary N) is 1. The molecule has 0 aliphatic heterocycles. The quantitative estimate of drug-likeness (QED) is 0.406. The van der Waals surface area contributed by atoms with Crippen LogP contribution < -0.4 is 5.90 Å². The zero-order valence-corrected chi connectivity index (χ0v) is 11.8. The van der Waals surface area contributed by atoms with E-state index in [1.54, 1.807) is 0 Å². The van der Waals surface area contributed by atoms with Crippen LogP contribution in [0.1, 0.15) is 10.4 Å². The number of methoxy groups -OCH3 is 1. The SMILES string of the molecule is COC(=O)c1cc[o+]c(-c2ccc(F)cc2)c1F.COON. The molecule has 6 nitrogen and oxygen atoms in total. The van der Waals surface area contributed by atoms with Crippen molar-refractivity contribution in [2.75, 3.05) is 14.2 Å². The Labute approximate surface area is 124 Å². The van der Waals surface area contributed by atoms with Gasteiger partial charge in [-0.25, -0.2) is 18.5 Å². The van der Waals surface area contributed by atoms with Crippen LogP contribution in [-0.4, -0.2) is 20.2 Å². The normalized spacial score (nSPS) is 9.68. The predicted octanol–water partition coefficient (Wildman–Crippen LogP) is 2.73. The molecule has 0 saturated carbocycles. The van der Waals surface area contributed by atoms with Gasteiger partial charge in [0.1, 0.15) is 11.4 Å². The maximum Gasteiger partial charge on any atom is 0.395 e. The molecule has 0 fully saturated rings. The van der Waals surface area contributed by atoms with Gasteiger partial charge in [-0.15, -0.1) is 4.99 Å². The Hall–Kier alpha value is -2.42. The molecule has 0 unspecified atom stereocenters. The lowest BCUT2D eigenvalue weighted by atomic mass is 10.1. The molecule has 0 atom stereocenters. The van der Waals surface area contributed by atoms with Crippen LogP contribution in [0.4, 0.5) is 8.78 Å². The molecule has 0 aliphatic rings. The molecule has 22 heavy (non-hydrogen) atoms. The monoisotopic (exact) mass is 314 g/mol. The van der Waals surface area contributed by atoms with Crippen LogP contribution >= 0.6 is 0 Å². The Morgan fingerprint density at radius 1 is 1.14 bits per heavy atom. The van der Waals surface area contributed by atoms with Crippen LogP contribution in [0.5, 0.6) is 0 Å². The average molecular weight is 314 g/mol. The molecule has 1 aromatic carbocycles. The molecule has 1 aromatic heterocycles. The van der Waals surface area contributed by atoms with E-state index in [0.29, 0.717) is 5.56 Å². The minimum absolute atomic E-state index is 0.141. The third-order valence-corrected chi connectivity index (χ3v) is 2.46. The zero-order chi connectivity index (χ0) is 16.5. The van der Waals surface area contributed by atoms with Gasteiger partial charge in [0.25, 0.3) is 0 Å². The van der Waals surface area contributed by atoms with E-state index in [4.69, 9.17) is 4.42 Å². The van der Waals surface area contributed by atoms with Gasteiger partial charge in [-0.3, -0.25) is 0 Å². The molecule has 2 rings (SSSR count). The number of rotatable bonds is 3. The Kier molecular flexibility index (Phi) is 7.03. The van der Waals surface area contributed by atoms with Crippen molar-refractivity contribution in [1.29, 1.82) is 0 Å². The van der Waals surface area contributed by atoms with Crippen molar-refractivity contribution in [2.45, 2.75) is 0 Å². The highest BCUT2D eigenvalue weighted by atomic mass is 19.1. The topological polar surface area (TPSA) is 82.1 Å². The molecular formula is C14H14F2NO5+. The number of halogens is 2. The molecule has 0 bridgehead atoms. The molecule has 2 N–H and O–H groups in total. The van der Waals surface area contributed by atoms with E-state index in [0.717, 1.165) is 7.11 Å². The summed E-state index contributed by atoms with van der Waals surface area (Å²) in [5.41, 5.74) is 0.0997. The summed E-state index contributed by atoms with van der Waals surface area (Å²) in [5, 5.41) is 0. The zero-order valence-electron chi connectivity index (χ0n) is 11.8. The fourth-order valence-corrected chi connectivity index (χ4v) is 1.48. The van der Waals surface area contributed by atoms with Crippen molar-refractivity contribution >= 4 is 5.97 Å². The smallest absolute Gasteiger partial charge is 0.395 e. The Morgan fingerprint density at radius 2 is 1.73 bits per heavy atom. The van der Waals surface area contributed by atoms with Gasteiger partial charge in [-0.1, -0.05) is 0 Å². The van der Waals surface area contributed by atoms with Gasteiger partial charge in [0.05, 0.1) is 25.8 Å². The van der Waals surface area contributed by atoms with Crippen molar-refractivity contribution in [2.24, 2.45) is 5.90 Å². The van der Waals surface area contributed by atoms with Crippen molar-refractivity contribution in [3.05, 3.63) is 53.8 Å². The van der Waals surface area contributed by atoms with Gasteiger partial charge in [-0.2, -0.15) is 10.3 Å². The van der Waals surface area contributed by atoms with Crippen LogP contribution in [0.25, 0.3) is 11.3 Å². The van der Waals surface area contributed by atoms with E-state index in [2.05, 4.69) is 20.5 Å². The summed E-state index contributed by atoms with van der Waals surface area (Å²) in [5.74, 6) is 2.09. The van der Waals surface area contributed by atoms with Crippen molar-refractivity contribution in [3.8, 4) is 11.3 Å². The van der Waals surface area contributed by atoms with Gasteiger partial charge >= 0.3 is 18.0 Å². The largest absolute Gasteiger partial charge is 0.465 e. The van der Waals surface area contributed by atoms with Crippen LogP contribution in [0.2, 0.25) is 0 Å². The lowest BCUT2D eigenvalue weighted by Crippen LogP contribution is -2.05. The first-order chi connectivity index (χ1) is 10.5. The third-order valence-electron chi connectivity index (χ3n) is 2.46. The van der Waals surface area contributed by atoms with Gasteiger partial charge in [0.2, 0.25) is 5.82 Å². The molecule has 1 heterocycles. The van der Waals surface area contributed by atoms with Crippen molar-refractivity contribution in [1.82, 2.24) is 0 Å². The minimum Gasteiger partial charge on any atom is -0.465 e. The van der Waals surface area contributed by atoms with Crippen molar-refractivity contribution in [3.63, 3.8) is 0 Å². The molecular weight excluding hydrogens is 300 g/mol. The molecule has 118 valence electrons. The number of hydrogen-bond donors (Lipinski definition) is 1. The first-order valence-corrected chi connectivity index (χ1v) is 5.89. The predicted molar refractivity (Wildman–Crippen MR) is 72.1 cm³/mol. The van der Waals surface area contributed by atoms with Gasteiger partial charge in [-0.05, 0) is 24.3 Å². The summed E-state index contributed by atoms with van der Waals surface area (Å²) in [7, 11) is 2.49. The van der Waals surface area contributed by atoms with Crippen LogP contribution in [0.3, 0.4) is 0 Å². The molecule has 0 amide bonds. The van der Waals surface area contributed by atoms with Gasteiger partial charge in [0, 0.05) is 0 Å². The number of ether oxygens (including phenoxy) is 1. The number of carbonyl (C=O) groups is 1. The maximum absolute atomic E-state index is 14.0. The van der Waals surface area contributed by atoms with E-state index >= 15 is 0 Å². The number of esters is 1. The molecule has 0 saturated heterocycles. The maximum atomic E-state index is 14.0. The lowest BCUT2D eigenvalue weighted by Gasteiger charge is -1.99. The number of hydrogen-bond acceptors (Lipinski definition) is 5. The second-order valence-corrected chi connectivity index (χ2v) is 3.74. The van der Waals surface area contributed by atoms with E-state index in [1.165, 1.54) is 43.7 Å². The highest BCUT2D eigenvalue weighted by Crippen LogP contribution is 2.25. The van der Waals surface area contributed by atoms with E-state index in [9.17, 15) is 13.6 Å². The summed E-state index contributed by atoms with van der Waals surface area (Å²) in [6.07, 6.45) is 1.17. The molecule has 2 aromatic rings. The van der Waals surface area contributed by atoms with Crippen LogP contribution in [-0.2, 0) is 14.6 Å². The summed E-state index contributed by atoms with van der Waals surface area (Å²) in [4.78, 5) is 18.7. The highest BCUT2D eigenvalue weighted by molar-refractivity contribution is 5.90. The standard InChI is InChI=1S/C13H9F2O3.CH5NO2/c1-17-13(16)10-6-7-18-12(11(10)15)8-2-4-9(14)5-3-8;1-3-4-2/h2-7H,1H3;2H2,1H3/q+1;. The number of benzene rings is 1. The van der Waals surface area contributed by atoms with E-state index in [-0.39, 0.29) is 11.3 Å². The van der Waals surface area contributed by atoms with E-state index < -0.39 is 17.6 Å². The Morgan fingerprint density at radius 3 is 2.23 bits per heavy atom. The highest BCUT2D eigenvalue weighted by Gasteiger charge is 2.26. The molecule has 0 spiro atoms. The average Bonchev–Trinajstić information content (AvgIpc) is 2.55. The summed E-state index contributed by atoms with van der Waals surface area (Å²) >= 11 is 0. The minimum atomic E-state index is -0.837. The Bertz CT molecular complexity index is 617. The molecule has 8 heteroatoms. The lowest BCUT2D eigenvalue weighted by molar-refractivity contribution is -0.277. The van der Waals surface area contributed by atoms with Gasteiger partial charge < -0.3 is 4.74 Å². The number of carbonyl (C=O) groups excluding carboxylic acids is 1. The second kappa shape index (κ2) is 8.78. The fourth-order valence-electron chi connectivity index (χ4n) is 1.48. The van der Waals surface area contributed by atoms with Crippen LogP contribution in [0, 0.1) is 11.6 Å². The van der Waals surface area contributed by atoms with Gasteiger partial charge in [0.15, 0.2) is 0 Å². The Balaban J connectivity index is 0.000000541. The fraction of sp³-hybridized carbons (Fsp3) is 0.143. The second-order valence-electron chi connectivity index (χ2n) is 3.74. The molecule has 0 aliphatic carbocycles. The first-order valence-electron chi connectivity index (χ1n) is 5.89. The summed E-state index contributed by atoms with van der Waals surface area (Å²) < 4.78 is 36.2. The van der Waals surface area contributed by atoms with Crippen LogP contribution in [0.15, 0.2) is 41.0 Å². The summed E-state index contributed by atoms with van der Waals surface area (Å²) in [6.45, 7) is 0. The molecule has 0 radical (unpaired) electrons.